The number of aromatic amines is 2. The minimum absolute atomic E-state index is 0.182. The molecule has 2 aliphatic rings. The lowest BCUT2D eigenvalue weighted by Gasteiger charge is -2.13. The molecule has 4 aromatic carbocycles. The molecule has 0 aliphatic carbocycles. The summed E-state index contributed by atoms with van der Waals surface area (Å²) in [5, 5.41) is 13.2. The standard InChI is InChI=1S/C45H33N5O2/c1-28-43-41(31-18-10-4-11-19-31)37-26-24-35(47-37)39(29-14-6-2-7-15-29)33-22-23-34(46-33)40(30-16-8-3-9-17-30)36-25-27-38(48-36)42(32-20-12-5-13-21-32)44(49-43)45(28)50(51)52/h2-28,45,47-48H,1H3. The number of nitrogens with one attached hydrogen (secondary N) is 2. The Bertz CT molecular complexity index is 2660. The number of aromatic nitrogens is 4. The molecule has 0 radical (unpaired) electrons. The highest BCUT2D eigenvalue weighted by Gasteiger charge is 2.42. The second-order valence-electron chi connectivity index (χ2n) is 13.2. The fourth-order valence-electron chi connectivity index (χ4n) is 7.65. The van der Waals surface area contributed by atoms with E-state index in [2.05, 4.69) is 58.5 Å². The van der Waals surface area contributed by atoms with Crippen molar-refractivity contribution in [1.82, 2.24) is 19.9 Å². The van der Waals surface area contributed by atoms with E-state index in [0.29, 0.717) is 17.0 Å². The average molecular weight is 676 g/mol. The summed E-state index contributed by atoms with van der Waals surface area (Å²) < 4.78 is 0. The fourth-order valence-corrected chi connectivity index (χ4v) is 7.65. The number of H-pyrrole nitrogens is 2. The maximum atomic E-state index is 13.2. The number of hydrogen-bond acceptors (Lipinski definition) is 4. The number of nitro groups is 1. The summed E-state index contributed by atoms with van der Waals surface area (Å²) in [7, 11) is 0. The van der Waals surface area contributed by atoms with Gasteiger partial charge in [0.25, 0.3) is 6.04 Å². The third-order valence-electron chi connectivity index (χ3n) is 10.0. The van der Waals surface area contributed by atoms with Crippen molar-refractivity contribution in [2.24, 2.45) is 0 Å². The van der Waals surface area contributed by atoms with E-state index in [0.717, 1.165) is 72.4 Å². The van der Waals surface area contributed by atoms with Gasteiger partial charge in [0.2, 0.25) is 0 Å². The van der Waals surface area contributed by atoms with Crippen LogP contribution >= 0.6 is 0 Å². The van der Waals surface area contributed by atoms with Gasteiger partial charge in [0, 0.05) is 49.2 Å². The van der Waals surface area contributed by atoms with Crippen LogP contribution < -0.4 is 0 Å². The third kappa shape index (κ3) is 5.31. The van der Waals surface area contributed by atoms with Crippen LogP contribution in [0, 0.1) is 10.1 Å². The zero-order chi connectivity index (χ0) is 35.2. The van der Waals surface area contributed by atoms with Crippen molar-refractivity contribution < 1.29 is 4.92 Å². The molecule has 0 saturated carbocycles. The summed E-state index contributed by atoms with van der Waals surface area (Å²) in [4.78, 5) is 31.0. The molecule has 52 heavy (non-hydrogen) atoms. The average Bonchev–Trinajstić information content (AvgIpc) is 4.00. The molecule has 0 amide bonds. The van der Waals surface area contributed by atoms with E-state index >= 15 is 0 Å². The van der Waals surface area contributed by atoms with E-state index in [1.807, 2.05) is 116 Å². The lowest BCUT2D eigenvalue weighted by atomic mass is 9.91. The molecule has 5 heterocycles. The van der Waals surface area contributed by atoms with Crippen molar-refractivity contribution in [3.8, 4) is 44.5 Å². The van der Waals surface area contributed by atoms with Gasteiger partial charge in [0.15, 0.2) is 0 Å². The molecule has 2 aliphatic heterocycles. The van der Waals surface area contributed by atoms with E-state index in [9.17, 15) is 10.1 Å². The van der Waals surface area contributed by atoms with Crippen LogP contribution in [0.3, 0.4) is 0 Å². The molecular weight excluding hydrogens is 643 g/mol. The molecule has 8 bridgehead atoms. The Morgan fingerprint density at radius 2 is 0.827 bits per heavy atom. The van der Waals surface area contributed by atoms with Gasteiger partial charge in [-0.3, -0.25) is 10.1 Å². The Balaban J connectivity index is 1.52. The predicted molar refractivity (Wildman–Crippen MR) is 210 cm³/mol. The van der Waals surface area contributed by atoms with Crippen molar-refractivity contribution in [2.45, 2.75) is 18.9 Å². The van der Waals surface area contributed by atoms with Crippen molar-refractivity contribution in [1.29, 1.82) is 0 Å². The molecule has 9 rings (SSSR count). The molecule has 2 N–H and O–H groups in total. The number of rotatable bonds is 5. The molecule has 7 nitrogen and oxygen atoms in total. The first kappa shape index (κ1) is 31.1. The molecule has 0 fully saturated rings. The summed E-state index contributed by atoms with van der Waals surface area (Å²) in [6.45, 7) is 1.92. The minimum Gasteiger partial charge on any atom is -0.354 e. The number of fused-ring (bicyclic) bond motifs is 8. The van der Waals surface area contributed by atoms with Crippen LogP contribution in [-0.2, 0) is 0 Å². The molecule has 250 valence electrons. The van der Waals surface area contributed by atoms with E-state index in [4.69, 9.17) is 9.97 Å². The van der Waals surface area contributed by atoms with Crippen LogP contribution in [0.5, 0.6) is 0 Å². The molecule has 0 saturated heterocycles. The summed E-state index contributed by atoms with van der Waals surface area (Å²) >= 11 is 0. The smallest absolute Gasteiger partial charge is 0.263 e. The van der Waals surface area contributed by atoms with Crippen LogP contribution in [0.25, 0.3) is 78.7 Å². The minimum atomic E-state index is -1.08. The Hall–Kier alpha value is -6.86. The van der Waals surface area contributed by atoms with Crippen LogP contribution in [0.1, 0.15) is 41.7 Å². The van der Waals surface area contributed by atoms with E-state index in [1.165, 1.54) is 0 Å². The predicted octanol–water partition coefficient (Wildman–Crippen LogP) is 11.3. The maximum absolute atomic E-state index is 13.2. The van der Waals surface area contributed by atoms with Crippen LogP contribution in [0.4, 0.5) is 0 Å². The lowest BCUT2D eigenvalue weighted by Crippen LogP contribution is -2.14. The highest BCUT2D eigenvalue weighted by Crippen LogP contribution is 2.46. The van der Waals surface area contributed by atoms with Gasteiger partial charge in [-0.1, -0.05) is 121 Å². The zero-order valence-electron chi connectivity index (χ0n) is 28.3. The molecule has 3 aromatic heterocycles. The van der Waals surface area contributed by atoms with E-state index in [-0.39, 0.29) is 4.92 Å². The number of hydrogen-bond donors (Lipinski definition) is 2. The summed E-state index contributed by atoms with van der Waals surface area (Å²) in [6, 6.07) is 47.4. The lowest BCUT2D eigenvalue weighted by molar-refractivity contribution is -0.531. The normalized spacial score (nSPS) is 15.1. The Labute approximate surface area is 300 Å². The van der Waals surface area contributed by atoms with Crippen LogP contribution in [0.15, 0.2) is 146 Å². The van der Waals surface area contributed by atoms with Gasteiger partial charge in [-0.2, -0.15) is 0 Å². The summed E-state index contributed by atoms with van der Waals surface area (Å²) in [5.41, 5.74) is 13.2. The van der Waals surface area contributed by atoms with Gasteiger partial charge in [0.05, 0.1) is 23.0 Å². The fraction of sp³-hybridized carbons (Fsp3) is 0.0667. The molecular formula is C45H33N5O2. The van der Waals surface area contributed by atoms with Gasteiger partial charge < -0.3 is 9.97 Å². The van der Waals surface area contributed by atoms with Crippen LogP contribution in [-0.4, -0.2) is 24.9 Å². The maximum Gasteiger partial charge on any atom is 0.263 e. The highest BCUT2D eigenvalue weighted by molar-refractivity contribution is 5.97. The second-order valence-corrected chi connectivity index (χ2v) is 13.2. The zero-order valence-corrected chi connectivity index (χ0v) is 28.3. The first-order valence-corrected chi connectivity index (χ1v) is 17.4. The van der Waals surface area contributed by atoms with Crippen LogP contribution in [0.2, 0.25) is 0 Å². The Morgan fingerprint density at radius 1 is 0.481 bits per heavy atom. The van der Waals surface area contributed by atoms with E-state index < -0.39 is 12.0 Å². The van der Waals surface area contributed by atoms with Gasteiger partial charge in [-0.05, 0) is 65.6 Å². The van der Waals surface area contributed by atoms with Crippen molar-refractivity contribution in [2.75, 3.05) is 0 Å². The Kier molecular flexibility index (Phi) is 7.66. The SMILES string of the molecule is CC1c2nc(c(-c3ccccc3)c3ccc([nH]3)c(-c3ccccc3)c3nc(c(-c4ccccc4)c4ccc([nH]4)c2-c2ccccc2)C=C3)C1[N+](=O)[O-]. The topological polar surface area (TPSA) is 100 Å². The highest BCUT2D eigenvalue weighted by atomic mass is 16.6. The third-order valence-corrected chi connectivity index (χ3v) is 10.0. The Morgan fingerprint density at radius 3 is 1.21 bits per heavy atom. The first-order valence-electron chi connectivity index (χ1n) is 17.4. The first-order chi connectivity index (χ1) is 25.5. The summed E-state index contributed by atoms with van der Waals surface area (Å²) in [6.07, 6.45) is 4.15. The molecule has 7 aromatic rings. The summed E-state index contributed by atoms with van der Waals surface area (Å²) in [5.74, 6) is -0.529. The molecule has 2 atom stereocenters. The number of nitrogens with zero attached hydrogens (tertiary/aromatic N) is 3. The van der Waals surface area contributed by atoms with Gasteiger partial charge in [-0.15, -0.1) is 0 Å². The second kappa shape index (κ2) is 12.8. The molecule has 0 spiro atoms. The molecule has 7 heteroatoms. The largest absolute Gasteiger partial charge is 0.354 e. The van der Waals surface area contributed by atoms with Gasteiger partial charge in [0.1, 0.15) is 5.69 Å². The molecule has 2 unspecified atom stereocenters. The van der Waals surface area contributed by atoms with Crippen molar-refractivity contribution >= 4 is 34.2 Å². The van der Waals surface area contributed by atoms with Crippen molar-refractivity contribution in [3.05, 3.63) is 178 Å². The van der Waals surface area contributed by atoms with E-state index in [1.54, 1.807) is 0 Å². The van der Waals surface area contributed by atoms with Crippen molar-refractivity contribution in [3.63, 3.8) is 0 Å². The quantitative estimate of drug-likeness (QED) is 0.140. The number of benzene rings is 4. The van der Waals surface area contributed by atoms with Gasteiger partial charge in [-0.25, -0.2) is 9.97 Å². The monoisotopic (exact) mass is 675 g/mol. The van der Waals surface area contributed by atoms with Gasteiger partial charge >= 0.3 is 0 Å².